The van der Waals surface area contributed by atoms with E-state index in [0.717, 1.165) is 30.5 Å². The Balaban J connectivity index is 2.86. The molecule has 0 rings (SSSR count). The average Bonchev–Trinajstić information content (AvgIpc) is 2.39. The molecule has 0 aromatic heterocycles. The van der Waals surface area contributed by atoms with E-state index in [9.17, 15) is 0 Å². The lowest BCUT2D eigenvalue weighted by Gasteiger charge is -2.04. The van der Waals surface area contributed by atoms with Crippen molar-refractivity contribution in [2.24, 2.45) is 0 Å². The molecule has 5 heteroatoms. The van der Waals surface area contributed by atoms with Crippen molar-refractivity contribution >= 4 is 48.8 Å². The number of thioether (sulfide) groups is 2. The van der Waals surface area contributed by atoms with Gasteiger partial charge in [-0.05, 0) is 54.4 Å². The number of hydrogen-bond acceptors (Lipinski definition) is 5. The summed E-state index contributed by atoms with van der Waals surface area (Å²) >= 11 is 12.4. The molecular formula is C13H28OS4. The molecule has 0 saturated heterocycles. The highest BCUT2D eigenvalue weighted by atomic mass is 32.2. The van der Waals surface area contributed by atoms with Crippen LogP contribution in [0.4, 0.5) is 0 Å². The molecule has 0 aromatic rings. The number of thiol groups is 2. The smallest absolute Gasteiger partial charge is 0.0556 e. The highest BCUT2D eigenvalue weighted by Crippen LogP contribution is 2.08. The first-order chi connectivity index (χ1) is 8.91. The fourth-order valence-corrected chi connectivity index (χ4v) is 3.84. The number of ether oxygens (including phenoxy) is 1. The monoisotopic (exact) mass is 328 g/mol. The van der Waals surface area contributed by atoms with E-state index in [1.807, 2.05) is 11.8 Å². The topological polar surface area (TPSA) is 9.23 Å². The van der Waals surface area contributed by atoms with Crippen molar-refractivity contribution < 1.29 is 4.74 Å². The SMILES string of the molecule is SCCCSCCCCCOCCSCCCS. The molecule has 0 radical (unpaired) electrons. The number of hydrogen-bond donors (Lipinski definition) is 2. The predicted octanol–water partition coefficient (Wildman–Crippen LogP) is 4.28. The lowest BCUT2D eigenvalue weighted by atomic mass is 10.3. The molecule has 1 nitrogen and oxygen atoms in total. The maximum Gasteiger partial charge on any atom is 0.0556 e. The minimum Gasteiger partial charge on any atom is -0.381 e. The second kappa shape index (κ2) is 18.4. The number of rotatable bonds is 15. The van der Waals surface area contributed by atoms with E-state index in [-0.39, 0.29) is 0 Å². The Morgan fingerprint density at radius 2 is 1.22 bits per heavy atom. The van der Waals surface area contributed by atoms with Crippen LogP contribution in [0.5, 0.6) is 0 Å². The van der Waals surface area contributed by atoms with E-state index in [1.54, 1.807) is 0 Å². The van der Waals surface area contributed by atoms with Gasteiger partial charge in [0.2, 0.25) is 0 Å². The van der Waals surface area contributed by atoms with E-state index in [1.165, 1.54) is 49.4 Å². The van der Waals surface area contributed by atoms with Gasteiger partial charge in [0.25, 0.3) is 0 Å². The summed E-state index contributed by atoms with van der Waals surface area (Å²) in [5.74, 6) is 6.94. The average molecular weight is 329 g/mol. The zero-order chi connectivity index (χ0) is 13.3. The van der Waals surface area contributed by atoms with Crippen LogP contribution in [0.3, 0.4) is 0 Å². The molecule has 0 aromatic carbocycles. The standard InChI is InChI=1S/C13H28OS4/c15-8-4-11-17-10-3-1-2-6-14-7-13-18-12-5-9-16/h15-16H,1-13H2. The van der Waals surface area contributed by atoms with Crippen LogP contribution < -0.4 is 0 Å². The van der Waals surface area contributed by atoms with Gasteiger partial charge in [0.1, 0.15) is 0 Å². The van der Waals surface area contributed by atoms with Crippen molar-refractivity contribution in [3.63, 3.8) is 0 Å². The Hall–Kier alpha value is 1.36. The highest BCUT2D eigenvalue weighted by Gasteiger charge is 1.93. The van der Waals surface area contributed by atoms with E-state index in [2.05, 4.69) is 37.0 Å². The van der Waals surface area contributed by atoms with Crippen molar-refractivity contribution in [1.29, 1.82) is 0 Å². The third-order valence-electron chi connectivity index (χ3n) is 2.34. The maximum absolute atomic E-state index is 5.60. The molecule has 18 heavy (non-hydrogen) atoms. The molecule has 0 fully saturated rings. The summed E-state index contributed by atoms with van der Waals surface area (Å²) in [6.07, 6.45) is 6.30. The van der Waals surface area contributed by atoms with Crippen LogP contribution in [0.15, 0.2) is 0 Å². The fraction of sp³-hybridized carbons (Fsp3) is 1.00. The van der Waals surface area contributed by atoms with Crippen LogP contribution in [-0.2, 0) is 4.74 Å². The zero-order valence-corrected chi connectivity index (χ0v) is 14.7. The van der Waals surface area contributed by atoms with Gasteiger partial charge in [-0.1, -0.05) is 6.42 Å². The minimum absolute atomic E-state index is 0.911. The number of unbranched alkanes of at least 4 members (excludes halogenated alkanes) is 2. The minimum atomic E-state index is 0.911. The molecule has 0 unspecified atom stereocenters. The van der Waals surface area contributed by atoms with E-state index < -0.39 is 0 Å². The van der Waals surface area contributed by atoms with Crippen LogP contribution >= 0.6 is 48.8 Å². The summed E-state index contributed by atoms with van der Waals surface area (Å²) in [4.78, 5) is 0. The summed E-state index contributed by atoms with van der Waals surface area (Å²) in [7, 11) is 0. The van der Waals surface area contributed by atoms with E-state index >= 15 is 0 Å². The van der Waals surface area contributed by atoms with Gasteiger partial charge < -0.3 is 4.74 Å². The Bertz CT molecular complexity index is 131. The van der Waals surface area contributed by atoms with Gasteiger partial charge in [0, 0.05) is 12.4 Å². The van der Waals surface area contributed by atoms with Crippen LogP contribution in [0, 0.1) is 0 Å². The van der Waals surface area contributed by atoms with Crippen molar-refractivity contribution in [2.45, 2.75) is 32.1 Å². The molecule has 0 heterocycles. The van der Waals surface area contributed by atoms with E-state index in [0.29, 0.717) is 0 Å². The normalized spacial score (nSPS) is 11.0. The third kappa shape index (κ3) is 17.4. The Kier molecular flexibility index (Phi) is 19.7. The predicted molar refractivity (Wildman–Crippen MR) is 96.3 cm³/mol. The summed E-state index contributed by atoms with van der Waals surface area (Å²) in [5, 5.41) is 0. The molecule has 0 amide bonds. The lowest BCUT2D eigenvalue weighted by molar-refractivity contribution is 0.146. The third-order valence-corrected chi connectivity index (χ3v) is 5.16. The van der Waals surface area contributed by atoms with Crippen LogP contribution in [-0.4, -0.2) is 47.7 Å². The van der Waals surface area contributed by atoms with Crippen molar-refractivity contribution in [1.82, 2.24) is 0 Å². The maximum atomic E-state index is 5.60. The van der Waals surface area contributed by atoms with Crippen molar-refractivity contribution in [3.8, 4) is 0 Å². The molecule has 0 atom stereocenters. The van der Waals surface area contributed by atoms with Gasteiger partial charge in [-0.15, -0.1) is 0 Å². The second-order valence-electron chi connectivity index (χ2n) is 4.05. The first kappa shape index (κ1) is 19.4. The summed E-state index contributed by atoms with van der Waals surface area (Å²) in [5.41, 5.74) is 0. The fourth-order valence-electron chi connectivity index (χ4n) is 1.34. The Labute approximate surface area is 133 Å². The molecule has 0 aliphatic heterocycles. The van der Waals surface area contributed by atoms with Gasteiger partial charge in [0.15, 0.2) is 0 Å². The van der Waals surface area contributed by atoms with Crippen LogP contribution in [0.1, 0.15) is 32.1 Å². The quantitative estimate of drug-likeness (QED) is 0.343. The molecule has 0 spiro atoms. The molecule has 0 bridgehead atoms. The molecule has 0 saturated carbocycles. The Morgan fingerprint density at radius 1 is 0.611 bits per heavy atom. The van der Waals surface area contributed by atoms with Gasteiger partial charge >= 0.3 is 0 Å². The molecule has 0 aliphatic carbocycles. The molecular weight excluding hydrogens is 300 g/mol. The highest BCUT2D eigenvalue weighted by molar-refractivity contribution is 7.99. The van der Waals surface area contributed by atoms with Crippen LogP contribution in [0.2, 0.25) is 0 Å². The lowest BCUT2D eigenvalue weighted by Crippen LogP contribution is -2.00. The summed E-state index contributed by atoms with van der Waals surface area (Å²) in [6.45, 7) is 1.85. The molecule has 0 aliphatic rings. The van der Waals surface area contributed by atoms with Crippen molar-refractivity contribution in [3.05, 3.63) is 0 Å². The largest absolute Gasteiger partial charge is 0.381 e. The first-order valence-corrected chi connectivity index (χ1v) is 10.4. The molecule has 0 N–H and O–H groups in total. The second-order valence-corrected chi connectivity index (χ2v) is 7.40. The van der Waals surface area contributed by atoms with Crippen LogP contribution in [0.25, 0.3) is 0 Å². The van der Waals surface area contributed by atoms with E-state index in [4.69, 9.17) is 4.74 Å². The van der Waals surface area contributed by atoms with Gasteiger partial charge in [-0.3, -0.25) is 0 Å². The molecule has 110 valence electrons. The summed E-state index contributed by atoms with van der Waals surface area (Å²) < 4.78 is 5.60. The van der Waals surface area contributed by atoms with Gasteiger partial charge in [-0.25, -0.2) is 0 Å². The Morgan fingerprint density at radius 3 is 1.89 bits per heavy atom. The zero-order valence-electron chi connectivity index (χ0n) is 11.3. The van der Waals surface area contributed by atoms with Gasteiger partial charge in [-0.2, -0.15) is 48.8 Å². The van der Waals surface area contributed by atoms with Crippen molar-refractivity contribution in [2.75, 3.05) is 47.7 Å². The first-order valence-electron chi connectivity index (χ1n) is 6.86. The summed E-state index contributed by atoms with van der Waals surface area (Å²) in [6, 6.07) is 0. The van der Waals surface area contributed by atoms with Gasteiger partial charge in [0.05, 0.1) is 6.61 Å².